The Hall–Kier alpha value is -1.71. The molecular weight excluding hydrogens is 206 g/mol. The van der Waals surface area contributed by atoms with Gasteiger partial charge in [0.15, 0.2) is 11.5 Å². The number of para-hydroxylation sites is 2. The molecule has 1 aromatic rings. The average Bonchev–Trinajstić information content (AvgIpc) is 2.29. The minimum atomic E-state index is -0.338. The monoisotopic (exact) mass is 221 g/mol. The third-order valence-corrected chi connectivity index (χ3v) is 2.78. The van der Waals surface area contributed by atoms with E-state index in [1.807, 2.05) is 31.2 Å². The summed E-state index contributed by atoms with van der Waals surface area (Å²) in [6.07, 6.45) is 0.378. The van der Waals surface area contributed by atoms with Crippen LogP contribution < -0.4 is 15.2 Å². The molecule has 1 heterocycles. The van der Waals surface area contributed by atoms with Gasteiger partial charge in [0, 0.05) is 0 Å². The van der Waals surface area contributed by atoms with E-state index in [-0.39, 0.29) is 17.9 Å². The van der Waals surface area contributed by atoms with E-state index in [9.17, 15) is 4.79 Å². The predicted molar refractivity (Wildman–Crippen MR) is 59.3 cm³/mol. The van der Waals surface area contributed by atoms with Gasteiger partial charge in [-0.3, -0.25) is 4.79 Å². The van der Waals surface area contributed by atoms with Crippen molar-refractivity contribution in [2.45, 2.75) is 19.4 Å². The van der Waals surface area contributed by atoms with Crippen LogP contribution in [0.1, 0.15) is 13.3 Å². The lowest BCUT2D eigenvalue weighted by Crippen LogP contribution is -2.42. The quantitative estimate of drug-likeness (QED) is 0.837. The zero-order valence-corrected chi connectivity index (χ0v) is 9.18. The maximum absolute atomic E-state index is 11.2. The van der Waals surface area contributed by atoms with Crippen LogP contribution in [0.15, 0.2) is 24.3 Å². The van der Waals surface area contributed by atoms with Crippen LogP contribution in [0, 0.1) is 5.92 Å². The van der Waals surface area contributed by atoms with E-state index in [0.717, 1.165) is 5.75 Å². The number of benzene rings is 1. The highest BCUT2D eigenvalue weighted by Gasteiger charge is 2.31. The summed E-state index contributed by atoms with van der Waals surface area (Å²) in [7, 11) is 0. The fourth-order valence-electron chi connectivity index (χ4n) is 1.88. The van der Waals surface area contributed by atoms with Gasteiger partial charge in [0.05, 0.1) is 5.92 Å². The van der Waals surface area contributed by atoms with Crippen molar-refractivity contribution in [1.29, 1.82) is 0 Å². The van der Waals surface area contributed by atoms with Crippen LogP contribution in [0.25, 0.3) is 0 Å². The van der Waals surface area contributed by atoms with Gasteiger partial charge in [-0.15, -0.1) is 0 Å². The summed E-state index contributed by atoms with van der Waals surface area (Å²) < 4.78 is 11.3. The summed E-state index contributed by atoms with van der Waals surface area (Å²) in [6, 6.07) is 7.43. The Labute approximate surface area is 94.3 Å². The first-order valence-electron chi connectivity index (χ1n) is 5.40. The number of hydrogen-bond donors (Lipinski definition) is 1. The highest BCUT2D eigenvalue weighted by molar-refractivity contribution is 5.77. The first-order chi connectivity index (χ1) is 7.72. The molecule has 2 N–H and O–H groups in total. The van der Waals surface area contributed by atoms with Crippen molar-refractivity contribution in [3.63, 3.8) is 0 Å². The van der Waals surface area contributed by atoms with Crippen LogP contribution in [-0.2, 0) is 4.79 Å². The smallest absolute Gasteiger partial charge is 0.224 e. The fraction of sp³-hybridized carbons (Fsp3) is 0.417. The van der Waals surface area contributed by atoms with Crippen molar-refractivity contribution in [2.24, 2.45) is 11.7 Å². The molecule has 0 saturated heterocycles. The van der Waals surface area contributed by atoms with E-state index in [2.05, 4.69) is 0 Å². The maximum Gasteiger partial charge on any atom is 0.224 e. The molecule has 1 amide bonds. The number of carbonyl (C=O) groups excluding carboxylic acids is 1. The Balaban J connectivity index is 2.15. The highest BCUT2D eigenvalue weighted by atomic mass is 16.6. The molecule has 2 rings (SSSR count). The van der Waals surface area contributed by atoms with E-state index >= 15 is 0 Å². The van der Waals surface area contributed by atoms with Crippen LogP contribution >= 0.6 is 0 Å². The minimum Gasteiger partial charge on any atom is -0.486 e. The Morgan fingerprint density at radius 3 is 2.81 bits per heavy atom. The van der Waals surface area contributed by atoms with Crippen LogP contribution in [-0.4, -0.2) is 18.6 Å². The fourth-order valence-corrected chi connectivity index (χ4v) is 1.88. The van der Waals surface area contributed by atoms with Crippen molar-refractivity contribution in [3.05, 3.63) is 24.3 Å². The number of rotatable bonds is 3. The summed E-state index contributed by atoms with van der Waals surface area (Å²) in [5.41, 5.74) is 5.32. The van der Waals surface area contributed by atoms with Gasteiger partial charge in [0.25, 0.3) is 0 Å². The molecule has 1 aliphatic heterocycles. The minimum absolute atomic E-state index is 0.280. The molecule has 0 radical (unpaired) electrons. The van der Waals surface area contributed by atoms with Crippen LogP contribution in [0.4, 0.5) is 0 Å². The summed E-state index contributed by atoms with van der Waals surface area (Å²) >= 11 is 0. The number of nitrogens with two attached hydrogens (primary N) is 1. The van der Waals surface area contributed by atoms with Crippen LogP contribution in [0.3, 0.4) is 0 Å². The molecule has 0 fully saturated rings. The second-order valence-corrected chi connectivity index (χ2v) is 3.83. The summed E-state index contributed by atoms with van der Waals surface area (Å²) in [5, 5.41) is 0. The third kappa shape index (κ3) is 1.96. The maximum atomic E-state index is 11.2. The van der Waals surface area contributed by atoms with Gasteiger partial charge in [-0.2, -0.15) is 0 Å². The van der Waals surface area contributed by atoms with Crippen molar-refractivity contribution >= 4 is 5.91 Å². The molecule has 1 aliphatic rings. The van der Waals surface area contributed by atoms with E-state index in [4.69, 9.17) is 15.2 Å². The summed E-state index contributed by atoms with van der Waals surface area (Å²) in [4.78, 5) is 11.2. The molecule has 86 valence electrons. The highest BCUT2D eigenvalue weighted by Crippen LogP contribution is 2.33. The standard InChI is InChI=1S/C12H15NO3/c1-2-8(12(13)14)11-7-15-9-5-3-4-6-10(9)16-11/h3-6,8,11H,2,7H2,1H3,(H2,13,14). The van der Waals surface area contributed by atoms with Crippen molar-refractivity contribution in [1.82, 2.24) is 0 Å². The Bertz CT molecular complexity index is 392. The molecule has 2 atom stereocenters. The van der Waals surface area contributed by atoms with E-state index in [1.54, 1.807) is 0 Å². The largest absolute Gasteiger partial charge is 0.486 e. The molecule has 0 saturated carbocycles. The Morgan fingerprint density at radius 1 is 1.50 bits per heavy atom. The number of ether oxygens (including phenoxy) is 2. The van der Waals surface area contributed by atoms with Gasteiger partial charge in [0.2, 0.25) is 5.91 Å². The molecule has 2 unspecified atom stereocenters. The number of primary amides is 1. The molecule has 0 aromatic heterocycles. The van der Waals surface area contributed by atoms with E-state index in [0.29, 0.717) is 18.8 Å². The first-order valence-corrected chi connectivity index (χ1v) is 5.40. The summed E-state index contributed by atoms with van der Waals surface area (Å²) in [5.74, 6) is 0.764. The second kappa shape index (κ2) is 4.43. The average molecular weight is 221 g/mol. The van der Waals surface area contributed by atoms with Crippen LogP contribution in [0.5, 0.6) is 11.5 Å². The van der Waals surface area contributed by atoms with Gasteiger partial charge in [-0.25, -0.2) is 0 Å². The first kappa shape index (κ1) is 10.8. The van der Waals surface area contributed by atoms with Crippen LogP contribution in [0.2, 0.25) is 0 Å². The van der Waals surface area contributed by atoms with Crippen molar-refractivity contribution in [3.8, 4) is 11.5 Å². The third-order valence-electron chi connectivity index (χ3n) is 2.78. The van der Waals surface area contributed by atoms with E-state index in [1.165, 1.54) is 0 Å². The van der Waals surface area contributed by atoms with Gasteiger partial charge in [0.1, 0.15) is 12.7 Å². The normalized spacial score (nSPS) is 20.2. The SMILES string of the molecule is CCC(C(N)=O)C1COc2ccccc2O1. The van der Waals surface area contributed by atoms with Crippen molar-refractivity contribution < 1.29 is 14.3 Å². The topological polar surface area (TPSA) is 61.6 Å². The molecule has 1 aromatic carbocycles. The molecule has 16 heavy (non-hydrogen) atoms. The number of fused-ring (bicyclic) bond motifs is 1. The second-order valence-electron chi connectivity index (χ2n) is 3.83. The molecule has 4 nitrogen and oxygen atoms in total. The molecule has 0 bridgehead atoms. The lowest BCUT2D eigenvalue weighted by atomic mass is 9.98. The number of hydrogen-bond acceptors (Lipinski definition) is 3. The molecule has 0 spiro atoms. The van der Waals surface area contributed by atoms with Gasteiger partial charge < -0.3 is 15.2 Å². The Kier molecular flexibility index (Phi) is 2.99. The number of amides is 1. The Morgan fingerprint density at radius 2 is 2.19 bits per heavy atom. The number of carbonyl (C=O) groups is 1. The predicted octanol–water partition coefficient (Wildman–Crippen LogP) is 1.34. The molecule has 4 heteroatoms. The zero-order valence-electron chi connectivity index (χ0n) is 9.18. The van der Waals surface area contributed by atoms with Gasteiger partial charge in [-0.1, -0.05) is 19.1 Å². The van der Waals surface area contributed by atoms with Gasteiger partial charge >= 0.3 is 0 Å². The van der Waals surface area contributed by atoms with Gasteiger partial charge in [-0.05, 0) is 18.6 Å². The molecular formula is C12H15NO3. The zero-order chi connectivity index (χ0) is 11.5. The van der Waals surface area contributed by atoms with E-state index < -0.39 is 0 Å². The molecule has 0 aliphatic carbocycles. The summed E-state index contributed by atoms with van der Waals surface area (Å²) in [6.45, 7) is 2.29. The van der Waals surface area contributed by atoms with Crippen molar-refractivity contribution in [2.75, 3.05) is 6.61 Å². The lowest BCUT2D eigenvalue weighted by Gasteiger charge is -2.30. The lowest BCUT2D eigenvalue weighted by molar-refractivity contribution is -0.126.